The van der Waals surface area contributed by atoms with E-state index in [-0.39, 0.29) is 6.04 Å². The summed E-state index contributed by atoms with van der Waals surface area (Å²) in [6, 6.07) is 51.1. The summed E-state index contributed by atoms with van der Waals surface area (Å²) in [6.07, 6.45) is 11.6. The fourth-order valence-electron chi connectivity index (χ4n) is 6.47. The van der Waals surface area contributed by atoms with Crippen molar-refractivity contribution in [1.82, 2.24) is 4.57 Å². The molecule has 0 radical (unpaired) electrons. The smallest absolute Gasteiger partial charge is 0.0552 e. The molecule has 6 aromatic carbocycles. The lowest BCUT2D eigenvalue weighted by atomic mass is 9.98. The summed E-state index contributed by atoms with van der Waals surface area (Å²) >= 11 is 5.31. The van der Waals surface area contributed by atoms with Crippen LogP contribution in [0.4, 0.5) is 0 Å². The summed E-state index contributed by atoms with van der Waals surface area (Å²) in [6.45, 7) is 10.3. The number of hydrogen-bond donors (Lipinski definition) is 2. The standard InChI is InChI=1S/C41H32N2S.C7H8.CH4S/c1-3-4-15-37(42)31-20-18-30(19-21-31)32-22-24-38-36(26-32)40-39(43(38)34-13-9-6-10-14-34)25-23-35-28(2)16-17-33(27-44-41(35)40)29-11-7-5-8-12-29;1-7-5-3-2-4-6-7;1-2/h3-27,37H,1-2,42H2;2-6H,1H3;2H,1H3/b15-4-,17-16-,33-27+;;. The van der Waals surface area contributed by atoms with Gasteiger partial charge in [0, 0.05) is 27.4 Å². The second kappa shape index (κ2) is 17.8. The molecule has 0 aliphatic carbocycles. The van der Waals surface area contributed by atoms with Crippen molar-refractivity contribution in [1.29, 1.82) is 0 Å². The van der Waals surface area contributed by atoms with Crippen molar-refractivity contribution < 1.29 is 0 Å². The van der Waals surface area contributed by atoms with E-state index in [4.69, 9.17) is 5.73 Å². The SMILES string of the molecule is C=C/C=C\C(N)c1ccc(-c2ccc3c(c2)c2c4c(ccc2n3-c2ccccc2)C(=C)/C=C\C(c2ccccc2)=C/S4)cc1.CS.Cc1ccccc1. The van der Waals surface area contributed by atoms with Crippen molar-refractivity contribution in [3.05, 3.63) is 217 Å². The van der Waals surface area contributed by atoms with Crippen LogP contribution in [0.1, 0.15) is 28.3 Å². The maximum absolute atomic E-state index is 6.36. The number of fused-ring (bicyclic) bond motifs is 5. The van der Waals surface area contributed by atoms with Gasteiger partial charge in [-0.2, -0.15) is 12.6 Å². The molecule has 7 aromatic rings. The van der Waals surface area contributed by atoms with E-state index < -0.39 is 0 Å². The maximum Gasteiger partial charge on any atom is 0.0552 e. The molecule has 2 nitrogen and oxygen atoms in total. The predicted octanol–water partition coefficient (Wildman–Crippen LogP) is 13.4. The van der Waals surface area contributed by atoms with E-state index in [0.717, 1.165) is 28.0 Å². The van der Waals surface area contributed by atoms with Crippen molar-refractivity contribution in [2.24, 2.45) is 5.73 Å². The molecule has 2 heterocycles. The van der Waals surface area contributed by atoms with Crippen LogP contribution < -0.4 is 5.73 Å². The van der Waals surface area contributed by atoms with E-state index in [1.54, 1.807) is 24.1 Å². The van der Waals surface area contributed by atoms with Gasteiger partial charge in [-0.3, -0.25) is 0 Å². The Morgan fingerprint density at radius 3 is 1.96 bits per heavy atom. The number of para-hydroxylation sites is 1. The largest absolute Gasteiger partial charge is 0.321 e. The van der Waals surface area contributed by atoms with Crippen LogP contribution in [0.3, 0.4) is 0 Å². The normalized spacial score (nSPS) is 14.4. The predicted molar refractivity (Wildman–Crippen MR) is 237 cm³/mol. The Kier molecular flexibility index (Phi) is 12.5. The number of thioether (sulfide) groups is 1. The van der Waals surface area contributed by atoms with E-state index in [0.29, 0.717) is 0 Å². The number of benzene rings is 6. The quantitative estimate of drug-likeness (QED) is 0.132. The molecule has 4 heteroatoms. The Hall–Kier alpha value is -5.52. The molecule has 0 bridgehead atoms. The highest BCUT2D eigenvalue weighted by atomic mass is 32.2. The van der Waals surface area contributed by atoms with Crippen molar-refractivity contribution in [2.75, 3.05) is 6.26 Å². The lowest BCUT2D eigenvalue weighted by molar-refractivity contribution is 0.912. The van der Waals surface area contributed by atoms with Crippen LogP contribution in [0.15, 0.2) is 199 Å². The van der Waals surface area contributed by atoms with E-state index in [1.807, 2.05) is 30.4 Å². The second-order valence-electron chi connectivity index (χ2n) is 12.6. The lowest BCUT2D eigenvalue weighted by Crippen LogP contribution is -2.06. The first-order valence-corrected chi connectivity index (χ1v) is 19.4. The molecule has 53 heavy (non-hydrogen) atoms. The summed E-state index contributed by atoms with van der Waals surface area (Å²) < 4.78 is 2.38. The Bertz CT molecular complexity index is 2420. The van der Waals surface area contributed by atoms with E-state index in [1.165, 1.54) is 49.0 Å². The number of aryl methyl sites for hydroxylation is 1. The summed E-state index contributed by atoms with van der Waals surface area (Å²) in [7, 11) is 0. The molecule has 2 N–H and O–H groups in total. The van der Waals surface area contributed by atoms with Gasteiger partial charge in [0.05, 0.1) is 11.0 Å². The minimum Gasteiger partial charge on any atom is -0.321 e. The molecule has 0 fully saturated rings. The zero-order chi connectivity index (χ0) is 37.2. The van der Waals surface area contributed by atoms with E-state index in [2.05, 4.69) is 182 Å². The summed E-state index contributed by atoms with van der Waals surface area (Å²) in [4.78, 5) is 1.22. The van der Waals surface area contributed by atoms with Crippen LogP contribution in [-0.4, -0.2) is 10.8 Å². The first-order valence-electron chi connectivity index (χ1n) is 17.6. The number of allylic oxidation sites excluding steroid dienone is 6. The van der Waals surface area contributed by atoms with Gasteiger partial charge in [0.15, 0.2) is 0 Å². The summed E-state index contributed by atoms with van der Waals surface area (Å²) in [5.41, 5.74) is 19.1. The maximum atomic E-state index is 6.36. The van der Waals surface area contributed by atoms with Gasteiger partial charge in [-0.1, -0.05) is 176 Å². The second-order valence-corrected chi connectivity index (χ2v) is 13.5. The third kappa shape index (κ3) is 8.42. The summed E-state index contributed by atoms with van der Waals surface area (Å²) in [5.74, 6) is 0. The first kappa shape index (κ1) is 37.2. The first-order chi connectivity index (χ1) is 26.0. The average Bonchev–Trinajstić information content (AvgIpc) is 3.55. The zero-order valence-electron chi connectivity index (χ0n) is 30.2. The molecule has 1 unspecified atom stereocenters. The fourth-order valence-corrected chi connectivity index (χ4v) is 7.59. The monoisotopic (exact) mass is 724 g/mol. The molecule has 1 aromatic heterocycles. The van der Waals surface area contributed by atoms with E-state index >= 15 is 0 Å². The Labute approximate surface area is 323 Å². The van der Waals surface area contributed by atoms with Crippen molar-refractivity contribution in [2.45, 2.75) is 17.9 Å². The number of nitrogens with two attached hydrogens (primary N) is 1. The van der Waals surface area contributed by atoms with Crippen molar-refractivity contribution in [3.8, 4) is 16.8 Å². The number of hydrogen-bond acceptors (Lipinski definition) is 3. The number of rotatable bonds is 6. The molecule has 0 spiro atoms. The zero-order valence-corrected chi connectivity index (χ0v) is 31.9. The number of nitrogens with zero attached hydrogens (tertiary/aromatic N) is 1. The van der Waals surface area contributed by atoms with Crippen molar-refractivity contribution >= 4 is 57.3 Å². The topological polar surface area (TPSA) is 30.9 Å². The summed E-state index contributed by atoms with van der Waals surface area (Å²) in [5, 5.41) is 4.73. The van der Waals surface area contributed by atoms with Crippen LogP contribution in [0, 0.1) is 6.92 Å². The Balaban J connectivity index is 0.000000475. The molecule has 0 amide bonds. The molecular formula is C49H44N2S2. The van der Waals surface area contributed by atoms with Crippen LogP contribution in [0.5, 0.6) is 0 Å². The molecule has 262 valence electrons. The third-order valence-corrected chi connectivity index (χ3v) is 10.2. The third-order valence-electron chi connectivity index (χ3n) is 9.14. The molecule has 1 aliphatic rings. The molecular weight excluding hydrogens is 681 g/mol. The van der Waals surface area contributed by atoms with Crippen LogP contribution in [0.25, 0.3) is 49.8 Å². The van der Waals surface area contributed by atoms with Gasteiger partial charge >= 0.3 is 0 Å². The number of aromatic nitrogens is 1. The van der Waals surface area contributed by atoms with Gasteiger partial charge in [0.2, 0.25) is 0 Å². The fraction of sp³-hybridized carbons (Fsp3) is 0.0612. The molecule has 0 saturated heterocycles. The molecule has 0 saturated carbocycles. The van der Waals surface area contributed by atoms with Gasteiger partial charge in [0.1, 0.15) is 0 Å². The number of thiol groups is 1. The molecule has 1 atom stereocenters. The molecule has 1 aliphatic heterocycles. The van der Waals surface area contributed by atoms with Gasteiger partial charge in [-0.05, 0) is 87.9 Å². The van der Waals surface area contributed by atoms with Crippen molar-refractivity contribution in [3.63, 3.8) is 0 Å². The van der Waals surface area contributed by atoms with Crippen LogP contribution >= 0.6 is 24.4 Å². The Morgan fingerprint density at radius 2 is 1.32 bits per heavy atom. The highest BCUT2D eigenvalue weighted by Gasteiger charge is 2.20. The Morgan fingerprint density at radius 1 is 0.698 bits per heavy atom. The highest BCUT2D eigenvalue weighted by molar-refractivity contribution is 8.02. The highest BCUT2D eigenvalue weighted by Crippen LogP contribution is 2.45. The van der Waals surface area contributed by atoms with Crippen LogP contribution in [-0.2, 0) is 0 Å². The van der Waals surface area contributed by atoms with E-state index in [9.17, 15) is 0 Å². The minimum atomic E-state index is -0.166. The minimum absolute atomic E-state index is 0.166. The van der Waals surface area contributed by atoms with Crippen LogP contribution in [0.2, 0.25) is 0 Å². The van der Waals surface area contributed by atoms with Gasteiger partial charge in [0.25, 0.3) is 0 Å². The van der Waals surface area contributed by atoms with Gasteiger partial charge in [-0.15, -0.1) is 0 Å². The molecule has 8 rings (SSSR count). The lowest BCUT2D eigenvalue weighted by Gasteiger charge is -2.15. The van der Waals surface area contributed by atoms with Gasteiger partial charge < -0.3 is 10.3 Å². The average molecular weight is 725 g/mol. The van der Waals surface area contributed by atoms with Gasteiger partial charge in [-0.25, -0.2) is 0 Å².